The van der Waals surface area contributed by atoms with Gasteiger partial charge in [0, 0.05) is 4.83 Å². The molecule has 0 aliphatic heterocycles. The van der Waals surface area contributed by atoms with Crippen molar-refractivity contribution < 1.29 is 8.42 Å². The second kappa shape index (κ2) is 6.52. The van der Waals surface area contributed by atoms with Crippen molar-refractivity contribution in [3.05, 3.63) is 65.7 Å². The molecule has 2 aromatic rings. The number of hydrogen-bond donors (Lipinski definition) is 1. The van der Waals surface area contributed by atoms with E-state index in [2.05, 4.69) is 32.8 Å². The van der Waals surface area contributed by atoms with Crippen LogP contribution in [0.1, 0.15) is 16.0 Å². The first-order valence-corrected chi connectivity index (χ1v) is 8.64. The first kappa shape index (κ1) is 15.2. The van der Waals surface area contributed by atoms with E-state index in [0.29, 0.717) is 0 Å². The minimum atomic E-state index is -3.36. The highest BCUT2D eigenvalue weighted by molar-refractivity contribution is 9.09. The molecule has 0 heterocycles. The molecule has 0 saturated carbocycles. The molecule has 0 bridgehead atoms. The molecule has 0 amide bonds. The lowest BCUT2D eigenvalue weighted by atomic mass is 10.0. The summed E-state index contributed by atoms with van der Waals surface area (Å²) in [5.41, 5.74) is 2.30. The fraction of sp³-hybridized carbons (Fsp3) is 0.200. The molecule has 5 heteroatoms. The van der Waals surface area contributed by atoms with Crippen molar-refractivity contribution in [2.75, 3.05) is 7.05 Å². The Morgan fingerprint density at radius 1 is 1.05 bits per heavy atom. The van der Waals surface area contributed by atoms with Crippen LogP contribution in [0.3, 0.4) is 0 Å². The highest BCUT2D eigenvalue weighted by Gasteiger charge is 2.12. The lowest BCUT2D eigenvalue weighted by Gasteiger charge is -2.11. The Kier molecular flexibility index (Phi) is 4.96. The third kappa shape index (κ3) is 3.69. The molecule has 1 unspecified atom stereocenters. The average Bonchev–Trinajstić information content (AvgIpc) is 2.48. The minimum absolute atomic E-state index is 0.218. The van der Waals surface area contributed by atoms with Crippen LogP contribution in [-0.4, -0.2) is 15.5 Å². The zero-order valence-corrected chi connectivity index (χ0v) is 13.5. The Balaban J connectivity index is 2.12. The van der Waals surface area contributed by atoms with E-state index < -0.39 is 10.0 Å². The van der Waals surface area contributed by atoms with Gasteiger partial charge >= 0.3 is 0 Å². The van der Waals surface area contributed by atoms with Gasteiger partial charge in [0.15, 0.2) is 0 Å². The Morgan fingerprint density at radius 2 is 1.65 bits per heavy atom. The molecule has 0 saturated heterocycles. The molecule has 0 aromatic heterocycles. The Labute approximate surface area is 128 Å². The van der Waals surface area contributed by atoms with Crippen LogP contribution in [0, 0.1) is 0 Å². The Morgan fingerprint density at radius 3 is 2.20 bits per heavy atom. The maximum Gasteiger partial charge on any atom is 0.240 e. The van der Waals surface area contributed by atoms with Crippen LogP contribution in [0.2, 0.25) is 0 Å². The monoisotopic (exact) mass is 353 g/mol. The molecule has 2 rings (SSSR count). The number of benzene rings is 2. The van der Waals surface area contributed by atoms with Crippen molar-refractivity contribution in [3.8, 4) is 0 Å². The van der Waals surface area contributed by atoms with E-state index in [0.717, 1.165) is 12.0 Å². The van der Waals surface area contributed by atoms with Gasteiger partial charge < -0.3 is 0 Å². The molecule has 0 radical (unpaired) electrons. The molecule has 0 fully saturated rings. The number of rotatable bonds is 5. The van der Waals surface area contributed by atoms with Gasteiger partial charge in [0.2, 0.25) is 10.0 Å². The predicted octanol–water partition coefficient (Wildman–Crippen LogP) is 3.27. The van der Waals surface area contributed by atoms with E-state index >= 15 is 0 Å². The summed E-state index contributed by atoms with van der Waals surface area (Å²) < 4.78 is 25.6. The Hall–Kier alpha value is -1.17. The number of halogens is 1. The van der Waals surface area contributed by atoms with Crippen molar-refractivity contribution in [3.63, 3.8) is 0 Å². The zero-order valence-electron chi connectivity index (χ0n) is 11.1. The third-order valence-electron chi connectivity index (χ3n) is 3.08. The normalized spacial score (nSPS) is 13.1. The summed E-state index contributed by atoms with van der Waals surface area (Å²) in [5, 5.41) is 0. The van der Waals surface area contributed by atoms with Crippen molar-refractivity contribution >= 4 is 26.0 Å². The summed E-state index contributed by atoms with van der Waals surface area (Å²) in [6, 6.07) is 17.1. The number of alkyl halides is 1. The summed E-state index contributed by atoms with van der Waals surface area (Å²) in [7, 11) is -1.95. The van der Waals surface area contributed by atoms with Gasteiger partial charge in [0.1, 0.15) is 0 Å². The number of nitrogens with one attached hydrogen (secondary N) is 1. The van der Waals surface area contributed by atoms with Gasteiger partial charge in [-0.3, -0.25) is 0 Å². The molecular weight excluding hydrogens is 338 g/mol. The summed E-state index contributed by atoms with van der Waals surface area (Å²) in [4.78, 5) is 0.505. The van der Waals surface area contributed by atoms with Crippen LogP contribution in [-0.2, 0) is 16.4 Å². The maximum atomic E-state index is 11.6. The summed E-state index contributed by atoms with van der Waals surface area (Å²) >= 11 is 3.66. The standard InChI is InChI=1S/C15H16BrNO2S/c1-17-20(18,19)14-9-7-12(8-10-14)11-15(16)13-5-3-2-4-6-13/h2-10,15,17H,11H2,1H3. The molecule has 3 nitrogen and oxygen atoms in total. The van der Waals surface area contributed by atoms with Crippen LogP contribution in [0.25, 0.3) is 0 Å². The number of sulfonamides is 1. The van der Waals surface area contributed by atoms with Crippen LogP contribution in [0.15, 0.2) is 59.5 Å². The van der Waals surface area contributed by atoms with Gasteiger partial charge in [-0.1, -0.05) is 58.4 Å². The van der Waals surface area contributed by atoms with Gasteiger partial charge in [0.05, 0.1) is 4.90 Å². The minimum Gasteiger partial charge on any atom is -0.214 e. The molecule has 106 valence electrons. The SMILES string of the molecule is CNS(=O)(=O)c1ccc(CC(Br)c2ccccc2)cc1. The third-order valence-corrected chi connectivity index (χ3v) is 5.36. The molecule has 0 aliphatic carbocycles. The molecule has 0 aliphatic rings. The quantitative estimate of drug-likeness (QED) is 0.838. The largest absolute Gasteiger partial charge is 0.240 e. The second-order valence-corrected chi connectivity index (χ2v) is 7.43. The highest BCUT2D eigenvalue weighted by Crippen LogP contribution is 2.27. The highest BCUT2D eigenvalue weighted by atomic mass is 79.9. The van der Waals surface area contributed by atoms with Gasteiger partial charge in [-0.2, -0.15) is 0 Å². The van der Waals surface area contributed by atoms with E-state index in [1.165, 1.54) is 12.6 Å². The van der Waals surface area contributed by atoms with Gasteiger partial charge in [-0.25, -0.2) is 13.1 Å². The topological polar surface area (TPSA) is 46.2 Å². The van der Waals surface area contributed by atoms with Crippen LogP contribution >= 0.6 is 15.9 Å². The molecule has 1 atom stereocenters. The first-order valence-electron chi connectivity index (χ1n) is 6.24. The van der Waals surface area contributed by atoms with Crippen molar-refractivity contribution in [2.45, 2.75) is 16.1 Å². The van der Waals surface area contributed by atoms with Gasteiger partial charge in [-0.05, 0) is 36.7 Å². The van der Waals surface area contributed by atoms with Crippen LogP contribution < -0.4 is 4.72 Å². The van der Waals surface area contributed by atoms with Crippen molar-refractivity contribution in [1.29, 1.82) is 0 Å². The fourth-order valence-corrected chi connectivity index (χ4v) is 3.32. The van der Waals surface area contributed by atoms with E-state index in [-0.39, 0.29) is 9.72 Å². The van der Waals surface area contributed by atoms with E-state index in [9.17, 15) is 8.42 Å². The van der Waals surface area contributed by atoms with E-state index in [1.54, 1.807) is 12.1 Å². The molecule has 0 spiro atoms. The van der Waals surface area contributed by atoms with Crippen LogP contribution in [0.4, 0.5) is 0 Å². The number of hydrogen-bond acceptors (Lipinski definition) is 2. The molecule has 1 N–H and O–H groups in total. The summed E-state index contributed by atoms with van der Waals surface area (Å²) in [6.07, 6.45) is 0.809. The Bertz CT molecular complexity index is 654. The lowest BCUT2D eigenvalue weighted by Crippen LogP contribution is -2.18. The summed E-state index contributed by atoms with van der Waals surface area (Å²) in [5.74, 6) is 0. The first-order chi connectivity index (χ1) is 9.53. The van der Waals surface area contributed by atoms with E-state index in [4.69, 9.17) is 0 Å². The molecule has 20 heavy (non-hydrogen) atoms. The van der Waals surface area contributed by atoms with Crippen molar-refractivity contribution in [2.24, 2.45) is 0 Å². The zero-order chi connectivity index (χ0) is 14.6. The van der Waals surface area contributed by atoms with Crippen molar-refractivity contribution in [1.82, 2.24) is 4.72 Å². The van der Waals surface area contributed by atoms with Gasteiger partial charge in [-0.15, -0.1) is 0 Å². The van der Waals surface area contributed by atoms with Crippen LogP contribution in [0.5, 0.6) is 0 Å². The molecule has 2 aromatic carbocycles. The summed E-state index contributed by atoms with van der Waals surface area (Å²) in [6.45, 7) is 0. The molecular formula is C15H16BrNO2S. The second-order valence-electron chi connectivity index (χ2n) is 4.43. The maximum absolute atomic E-state index is 11.6. The fourth-order valence-electron chi connectivity index (χ4n) is 1.91. The average molecular weight is 354 g/mol. The predicted molar refractivity (Wildman–Crippen MR) is 84.5 cm³/mol. The lowest BCUT2D eigenvalue weighted by molar-refractivity contribution is 0.588. The van der Waals surface area contributed by atoms with E-state index in [1.807, 2.05) is 30.3 Å². The smallest absolute Gasteiger partial charge is 0.214 e. The van der Waals surface area contributed by atoms with Gasteiger partial charge in [0.25, 0.3) is 0 Å².